The van der Waals surface area contributed by atoms with Crippen LogP contribution in [0.5, 0.6) is 0 Å². The first-order valence-electron chi connectivity index (χ1n) is 5.48. The number of carbonyl (C=O) groups excluding carboxylic acids is 1. The van der Waals surface area contributed by atoms with E-state index in [1.807, 2.05) is 0 Å². The van der Waals surface area contributed by atoms with Gasteiger partial charge >= 0.3 is 0 Å². The molecule has 2 aromatic rings. The van der Waals surface area contributed by atoms with Crippen LogP contribution in [0.3, 0.4) is 0 Å². The summed E-state index contributed by atoms with van der Waals surface area (Å²) < 4.78 is 26.0. The Labute approximate surface area is 113 Å². The van der Waals surface area contributed by atoms with Gasteiger partial charge in [-0.15, -0.1) is 0 Å². The van der Waals surface area contributed by atoms with Gasteiger partial charge in [-0.2, -0.15) is 0 Å². The van der Waals surface area contributed by atoms with Crippen LogP contribution < -0.4 is 5.73 Å². The maximum Gasteiger partial charge on any atom is 0.167 e. The number of hydrogen-bond donors (Lipinski definition) is 1. The van der Waals surface area contributed by atoms with Gasteiger partial charge in [0.25, 0.3) is 0 Å². The summed E-state index contributed by atoms with van der Waals surface area (Å²) in [5.41, 5.74) is 6.52. The van der Waals surface area contributed by atoms with E-state index in [9.17, 15) is 13.6 Å². The summed E-state index contributed by atoms with van der Waals surface area (Å²) >= 11 is 5.80. The Morgan fingerprint density at radius 3 is 2.26 bits per heavy atom. The Balaban J connectivity index is 2.25. The number of anilines is 1. The van der Waals surface area contributed by atoms with Crippen molar-refractivity contribution in [2.75, 3.05) is 5.73 Å². The minimum absolute atomic E-state index is 0.117. The number of halogens is 3. The fourth-order valence-electron chi connectivity index (χ4n) is 1.77. The molecule has 5 heteroatoms. The Morgan fingerprint density at radius 1 is 1.05 bits per heavy atom. The largest absolute Gasteiger partial charge is 0.399 e. The fraction of sp³-hybridized carbons (Fsp3) is 0.0714. The first kappa shape index (κ1) is 13.5. The van der Waals surface area contributed by atoms with Crippen LogP contribution in [0.4, 0.5) is 14.5 Å². The van der Waals surface area contributed by atoms with E-state index in [1.54, 1.807) is 0 Å². The number of hydrogen-bond acceptors (Lipinski definition) is 2. The van der Waals surface area contributed by atoms with Crippen LogP contribution in [0.25, 0.3) is 0 Å². The van der Waals surface area contributed by atoms with Gasteiger partial charge in [0.2, 0.25) is 0 Å². The van der Waals surface area contributed by atoms with Gasteiger partial charge in [-0.3, -0.25) is 4.79 Å². The molecule has 98 valence electrons. The zero-order valence-electron chi connectivity index (χ0n) is 9.79. The molecule has 0 saturated heterocycles. The number of nitrogen functional groups attached to an aromatic ring is 1. The first-order chi connectivity index (χ1) is 8.94. The van der Waals surface area contributed by atoms with Crippen molar-refractivity contribution < 1.29 is 13.6 Å². The van der Waals surface area contributed by atoms with E-state index in [2.05, 4.69) is 0 Å². The quantitative estimate of drug-likeness (QED) is 0.690. The lowest BCUT2D eigenvalue weighted by Gasteiger charge is -2.04. The smallest absolute Gasteiger partial charge is 0.167 e. The predicted octanol–water partition coefficient (Wildman–Crippen LogP) is 3.63. The average Bonchev–Trinajstić information content (AvgIpc) is 2.25. The number of rotatable bonds is 3. The van der Waals surface area contributed by atoms with Crippen molar-refractivity contribution in [2.24, 2.45) is 0 Å². The van der Waals surface area contributed by atoms with Gasteiger partial charge in [-0.1, -0.05) is 11.6 Å². The third kappa shape index (κ3) is 3.51. The molecule has 0 spiro atoms. The number of Topliss-reactive ketones (excluding diaryl/α,β-unsaturated/α-hetero) is 1. The van der Waals surface area contributed by atoms with Gasteiger partial charge in [-0.05, 0) is 35.9 Å². The SMILES string of the molecule is Nc1cc(Cl)cc(C(=O)Cc2cc(F)cc(F)c2)c1. The summed E-state index contributed by atoms with van der Waals surface area (Å²) in [6.07, 6.45) is -0.117. The highest BCUT2D eigenvalue weighted by atomic mass is 35.5. The molecule has 2 nitrogen and oxygen atoms in total. The van der Waals surface area contributed by atoms with E-state index < -0.39 is 11.6 Å². The average molecular weight is 282 g/mol. The van der Waals surface area contributed by atoms with Gasteiger partial charge in [0, 0.05) is 28.8 Å². The van der Waals surface area contributed by atoms with Crippen LogP contribution in [0, 0.1) is 11.6 Å². The molecule has 2 N–H and O–H groups in total. The molecule has 0 aliphatic heterocycles. The standard InChI is InChI=1S/C14H10ClF2NO/c15-10-4-9(5-13(18)6-10)14(19)3-8-1-11(16)7-12(17)2-8/h1-2,4-7H,3,18H2. The topological polar surface area (TPSA) is 43.1 Å². The van der Waals surface area contributed by atoms with Gasteiger partial charge in [0.05, 0.1) is 0 Å². The van der Waals surface area contributed by atoms with Gasteiger partial charge in [-0.25, -0.2) is 8.78 Å². The van der Waals surface area contributed by atoms with E-state index >= 15 is 0 Å². The first-order valence-corrected chi connectivity index (χ1v) is 5.86. The van der Waals surface area contributed by atoms with Crippen molar-refractivity contribution in [1.29, 1.82) is 0 Å². The van der Waals surface area contributed by atoms with Crippen molar-refractivity contribution >= 4 is 23.1 Å². The van der Waals surface area contributed by atoms with Gasteiger partial charge < -0.3 is 5.73 Å². The third-order valence-corrected chi connectivity index (χ3v) is 2.75. The summed E-state index contributed by atoms with van der Waals surface area (Å²) in [5, 5.41) is 0.341. The minimum atomic E-state index is -0.714. The van der Waals surface area contributed by atoms with Crippen LogP contribution in [-0.4, -0.2) is 5.78 Å². The molecular formula is C14H10ClF2NO. The molecule has 2 rings (SSSR count). The molecule has 0 aliphatic carbocycles. The second-order valence-corrected chi connectivity index (χ2v) is 4.59. The van der Waals surface area contributed by atoms with Gasteiger partial charge in [0.15, 0.2) is 5.78 Å². The zero-order valence-corrected chi connectivity index (χ0v) is 10.5. The Morgan fingerprint density at radius 2 is 1.68 bits per heavy atom. The lowest BCUT2D eigenvalue weighted by atomic mass is 10.0. The van der Waals surface area contributed by atoms with E-state index in [4.69, 9.17) is 17.3 Å². The maximum absolute atomic E-state index is 13.0. The van der Waals surface area contributed by atoms with Crippen molar-refractivity contribution in [1.82, 2.24) is 0 Å². The second-order valence-electron chi connectivity index (χ2n) is 4.15. The summed E-state index contributed by atoms with van der Waals surface area (Å²) in [5.74, 6) is -1.74. The lowest BCUT2D eigenvalue weighted by Crippen LogP contribution is -2.05. The molecular weight excluding hydrogens is 272 g/mol. The highest BCUT2D eigenvalue weighted by Gasteiger charge is 2.10. The Hall–Kier alpha value is -1.94. The van der Waals surface area contributed by atoms with Crippen molar-refractivity contribution in [3.63, 3.8) is 0 Å². The van der Waals surface area contributed by atoms with Crippen molar-refractivity contribution in [2.45, 2.75) is 6.42 Å². The molecule has 0 heterocycles. The fourth-order valence-corrected chi connectivity index (χ4v) is 2.02. The maximum atomic E-state index is 13.0. The summed E-state index contributed by atoms with van der Waals surface area (Å²) in [6.45, 7) is 0. The predicted molar refractivity (Wildman–Crippen MR) is 70.3 cm³/mol. The molecule has 0 atom stereocenters. The highest BCUT2D eigenvalue weighted by Crippen LogP contribution is 2.19. The van der Waals surface area contributed by atoms with E-state index in [0.29, 0.717) is 16.3 Å². The van der Waals surface area contributed by atoms with Gasteiger partial charge in [0.1, 0.15) is 11.6 Å². The van der Waals surface area contributed by atoms with E-state index in [1.165, 1.54) is 18.2 Å². The van der Waals surface area contributed by atoms with Crippen LogP contribution >= 0.6 is 11.6 Å². The molecule has 0 amide bonds. The van der Waals surface area contributed by atoms with Crippen molar-refractivity contribution in [3.05, 3.63) is 64.2 Å². The highest BCUT2D eigenvalue weighted by molar-refractivity contribution is 6.31. The van der Waals surface area contributed by atoms with Crippen molar-refractivity contribution in [3.8, 4) is 0 Å². The monoisotopic (exact) mass is 281 g/mol. The molecule has 19 heavy (non-hydrogen) atoms. The number of benzene rings is 2. The lowest BCUT2D eigenvalue weighted by molar-refractivity contribution is 0.0993. The van der Waals surface area contributed by atoms with E-state index in [-0.39, 0.29) is 17.8 Å². The second kappa shape index (κ2) is 5.36. The molecule has 0 unspecified atom stereocenters. The number of nitrogens with two attached hydrogens (primary N) is 1. The number of carbonyl (C=O) groups is 1. The molecule has 0 saturated carbocycles. The molecule has 2 aromatic carbocycles. The zero-order chi connectivity index (χ0) is 14.0. The normalized spacial score (nSPS) is 10.5. The summed E-state index contributed by atoms with van der Waals surface area (Å²) in [7, 11) is 0. The molecule has 0 aromatic heterocycles. The van der Waals surface area contributed by atoms with Crippen LogP contribution in [0.15, 0.2) is 36.4 Å². The minimum Gasteiger partial charge on any atom is -0.399 e. The molecule has 0 aliphatic rings. The Kier molecular flexibility index (Phi) is 3.81. The van der Waals surface area contributed by atoms with Crippen LogP contribution in [0.1, 0.15) is 15.9 Å². The summed E-state index contributed by atoms with van der Waals surface area (Å²) in [4.78, 5) is 12.0. The molecule has 0 radical (unpaired) electrons. The Bertz CT molecular complexity index is 603. The molecule has 0 fully saturated rings. The summed E-state index contributed by atoms with van der Waals surface area (Å²) in [6, 6.07) is 7.45. The van der Waals surface area contributed by atoms with Crippen LogP contribution in [-0.2, 0) is 6.42 Å². The van der Waals surface area contributed by atoms with Crippen LogP contribution in [0.2, 0.25) is 5.02 Å². The third-order valence-electron chi connectivity index (χ3n) is 2.53. The number of ketones is 1. The molecule has 0 bridgehead atoms. The van der Waals surface area contributed by atoms with E-state index in [0.717, 1.165) is 18.2 Å².